The largest absolute Gasteiger partial charge is 0.376 e. The zero-order valence-electron chi connectivity index (χ0n) is 20.4. The standard InChI is InChI=1S/C26H41N5O/c1-26(2,3)32-21-23-19-30(18-22(23)17-29-13-8-12-28(4)15-16-29)20-25-27-11-14-31(25)24-9-6-5-7-10-24/h5-7,9-11,14,22-23H,8,12-13,15-21H2,1-4H3. The number of imidazole rings is 1. The topological polar surface area (TPSA) is 36.8 Å². The number of likely N-dealkylation sites (N-methyl/N-ethyl adjacent to an activating group) is 1. The van der Waals surface area contributed by atoms with Gasteiger partial charge in [-0.3, -0.25) is 4.90 Å². The third-order valence-corrected chi connectivity index (χ3v) is 6.80. The fourth-order valence-electron chi connectivity index (χ4n) is 5.01. The van der Waals surface area contributed by atoms with E-state index < -0.39 is 0 Å². The minimum absolute atomic E-state index is 0.0904. The summed E-state index contributed by atoms with van der Waals surface area (Å²) in [5.41, 5.74) is 1.09. The van der Waals surface area contributed by atoms with Crippen molar-refractivity contribution in [1.82, 2.24) is 24.3 Å². The molecule has 0 bridgehead atoms. The molecule has 2 unspecified atom stereocenters. The summed E-state index contributed by atoms with van der Waals surface area (Å²) in [5, 5.41) is 0. The highest BCUT2D eigenvalue weighted by Crippen LogP contribution is 2.28. The molecule has 2 atom stereocenters. The van der Waals surface area contributed by atoms with Crippen LogP contribution in [0.4, 0.5) is 0 Å². The first kappa shape index (κ1) is 23.4. The summed E-state index contributed by atoms with van der Waals surface area (Å²) in [5.74, 6) is 2.32. The van der Waals surface area contributed by atoms with Gasteiger partial charge in [-0.15, -0.1) is 0 Å². The van der Waals surface area contributed by atoms with Crippen LogP contribution in [0.3, 0.4) is 0 Å². The summed E-state index contributed by atoms with van der Waals surface area (Å²) in [4.78, 5) is 12.4. The molecular formula is C26H41N5O. The molecule has 32 heavy (non-hydrogen) atoms. The number of likely N-dealkylation sites (tertiary alicyclic amines) is 1. The van der Waals surface area contributed by atoms with Crippen LogP contribution in [0.1, 0.15) is 33.0 Å². The number of hydrogen-bond acceptors (Lipinski definition) is 5. The van der Waals surface area contributed by atoms with Crippen molar-refractivity contribution in [3.8, 4) is 5.69 Å². The van der Waals surface area contributed by atoms with Crippen LogP contribution < -0.4 is 0 Å². The quantitative estimate of drug-likeness (QED) is 0.661. The fraction of sp³-hybridized carbons (Fsp3) is 0.654. The Bertz CT molecular complexity index is 830. The molecule has 2 aliphatic rings. The van der Waals surface area contributed by atoms with Gasteiger partial charge in [-0.25, -0.2) is 4.98 Å². The third kappa shape index (κ3) is 6.41. The average Bonchev–Trinajstić information content (AvgIpc) is 3.31. The maximum Gasteiger partial charge on any atom is 0.127 e. The van der Waals surface area contributed by atoms with Crippen LogP contribution in [-0.4, -0.2) is 89.3 Å². The molecule has 4 rings (SSSR count). The third-order valence-electron chi connectivity index (χ3n) is 6.80. The van der Waals surface area contributed by atoms with E-state index in [9.17, 15) is 0 Å². The van der Waals surface area contributed by atoms with E-state index in [-0.39, 0.29) is 5.60 Å². The second-order valence-corrected chi connectivity index (χ2v) is 10.6. The number of aromatic nitrogens is 2. The van der Waals surface area contributed by atoms with Gasteiger partial charge in [-0.2, -0.15) is 0 Å². The molecule has 2 fully saturated rings. The van der Waals surface area contributed by atoms with Crippen molar-refractivity contribution in [3.63, 3.8) is 0 Å². The minimum Gasteiger partial charge on any atom is -0.376 e. The van der Waals surface area contributed by atoms with E-state index in [2.05, 4.69) is 83.6 Å². The van der Waals surface area contributed by atoms with Gasteiger partial charge < -0.3 is 19.1 Å². The summed E-state index contributed by atoms with van der Waals surface area (Å²) < 4.78 is 8.50. The zero-order chi connectivity index (χ0) is 22.6. The first-order chi connectivity index (χ1) is 15.4. The molecule has 0 aliphatic carbocycles. The highest BCUT2D eigenvalue weighted by atomic mass is 16.5. The van der Waals surface area contributed by atoms with Crippen molar-refractivity contribution < 1.29 is 4.74 Å². The molecule has 0 N–H and O–H groups in total. The van der Waals surface area contributed by atoms with Crippen molar-refractivity contribution in [1.29, 1.82) is 0 Å². The average molecular weight is 440 g/mol. The van der Waals surface area contributed by atoms with E-state index >= 15 is 0 Å². The van der Waals surface area contributed by atoms with Crippen LogP contribution in [0.25, 0.3) is 5.69 Å². The normalized spacial score (nSPS) is 24.1. The van der Waals surface area contributed by atoms with Crippen LogP contribution in [0.5, 0.6) is 0 Å². The number of hydrogen-bond donors (Lipinski definition) is 0. The maximum absolute atomic E-state index is 6.28. The predicted octanol–water partition coefficient (Wildman–Crippen LogP) is 3.37. The Labute approximate surface area is 194 Å². The minimum atomic E-state index is -0.0904. The van der Waals surface area contributed by atoms with Gasteiger partial charge in [-0.1, -0.05) is 18.2 Å². The lowest BCUT2D eigenvalue weighted by atomic mass is 9.96. The number of nitrogens with zero attached hydrogens (tertiary/aromatic N) is 5. The summed E-state index contributed by atoms with van der Waals surface area (Å²) in [6.45, 7) is 16.4. The van der Waals surface area contributed by atoms with Gasteiger partial charge in [0.2, 0.25) is 0 Å². The molecule has 176 valence electrons. The van der Waals surface area contributed by atoms with E-state index in [0.717, 1.165) is 32.1 Å². The molecular weight excluding hydrogens is 398 g/mol. The summed E-state index contributed by atoms with van der Waals surface area (Å²) in [7, 11) is 2.25. The molecule has 3 heterocycles. The summed E-state index contributed by atoms with van der Waals surface area (Å²) >= 11 is 0. The lowest BCUT2D eigenvalue weighted by molar-refractivity contribution is -0.0283. The first-order valence-electron chi connectivity index (χ1n) is 12.2. The van der Waals surface area contributed by atoms with E-state index in [1.165, 1.54) is 44.8 Å². The molecule has 0 saturated carbocycles. The smallest absolute Gasteiger partial charge is 0.127 e. The monoisotopic (exact) mass is 439 g/mol. The molecule has 6 nitrogen and oxygen atoms in total. The van der Waals surface area contributed by atoms with Crippen molar-refractivity contribution in [2.24, 2.45) is 11.8 Å². The molecule has 0 amide bonds. The second kappa shape index (κ2) is 10.5. The lowest BCUT2D eigenvalue weighted by Gasteiger charge is -2.29. The number of para-hydroxylation sites is 1. The van der Waals surface area contributed by atoms with Gasteiger partial charge in [0.05, 0.1) is 18.8 Å². The predicted molar refractivity (Wildman–Crippen MR) is 130 cm³/mol. The van der Waals surface area contributed by atoms with Crippen LogP contribution in [0.15, 0.2) is 42.7 Å². The van der Waals surface area contributed by atoms with E-state index in [1.807, 2.05) is 6.20 Å². The van der Waals surface area contributed by atoms with E-state index in [0.29, 0.717) is 11.8 Å². The Balaban J connectivity index is 1.43. The van der Waals surface area contributed by atoms with Crippen molar-refractivity contribution in [2.75, 3.05) is 59.5 Å². The number of ether oxygens (including phenoxy) is 1. The Morgan fingerprint density at radius 2 is 1.75 bits per heavy atom. The Morgan fingerprint density at radius 3 is 2.53 bits per heavy atom. The highest BCUT2D eigenvalue weighted by molar-refractivity contribution is 5.32. The van der Waals surface area contributed by atoms with Crippen molar-refractivity contribution >= 4 is 0 Å². The molecule has 2 saturated heterocycles. The van der Waals surface area contributed by atoms with Gasteiger partial charge in [0.15, 0.2) is 0 Å². The van der Waals surface area contributed by atoms with Crippen molar-refractivity contribution in [3.05, 3.63) is 48.5 Å². The van der Waals surface area contributed by atoms with Gasteiger partial charge in [0, 0.05) is 56.7 Å². The van der Waals surface area contributed by atoms with Crippen LogP contribution in [0.2, 0.25) is 0 Å². The van der Waals surface area contributed by atoms with E-state index in [4.69, 9.17) is 9.72 Å². The van der Waals surface area contributed by atoms with Gasteiger partial charge >= 0.3 is 0 Å². The molecule has 0 spiro atoms. The van der Waals surface area contributed by atoms with Gasteiger partial charge in [-0.05, 0) is 65.4 Å². The first-order valence-corrected chi connectivity index (χ1v) is 12.2. The van der Waals surface area contributed by atoms with Crippen LogP contribution in [0, 0.1) is 11.8 Å². The van der Waals surface area contributed by atoms with Crippen LogP contribution >= 0.6 is 0 Å². The number of rotatable bonds is 7. The second-order valence-electron chi connectivity index (χ2n) is 10.6. The van der Waals surface area contributed by atoms with Crippen LogP contribution in [-0.2, 0) is 11.3 Å². The molecule has 1 aromatic heterocycles. The molecule has 6 heteroatoms. The number of benzene rings is 1. The van der Waals surface area contributed by atoms with Gasteiger partial charge in [0.1, 0.15) is 5.82 Å². The SMILES string of the molecule is CN1CCCN(CC2CN(Cc3nccn3-c3ccccc3)CC2COC(C)(C)C)CC1. The lowest BCUT2D eigenvalue weighted by Crippen LogP contribution is -2.37. The maximum atomic E-state index is 6.28. The Hall–Kier alpha value is -1.73. The molecule has 2 aromatic rings. The Morgan fingerprint density at radius 1 is 0.969 bits per heavy atom. The zero-order valence-corrected chi connectivity index (χ0v) is 20.4. The Kier molecular flexibility index (Phi) is 7.66. The molecule has 1 aromatic carbocycles. The molecule has 0 radical (unpaired) electrons. The van der Waals surface area contributed by atoms with Crippen molar-refractivity contribution in [2.45, 2.75) is 39.3 Å². The molecule has 2 aliphatic heterocycles. The highest BCUT2D eigenvalue weighted by Gasteiger charge is 2.35. The van der Waals surface area contributed by atoms with E-state index in [1.54, 1.807) is 0 Å². The fourth-order valence-corrected chi connectivity index (χ4v) is 5.01. The van der Waals surface area contributed by atoms with Gasteiger partial charge in [0.25, 0.3) is 0 Å². The summed E-state index contributed by atoms with van der Waals surface area (Å²) in [6, 6.07) is 10.5. The summed E-state index contributed by atoms with van der Waals surface area (Å²) in [6.07, 6.45) is 5.26.